The highest BCUT2D eigenvalue weighted by molar-refractivity contribution is 5.84. The van der Waals surface area contributed by atoms with Crippen LogP contribution in [0.1, 0.15) is 88.0 Å². The number of nitrogens with zero attached hydrogens (tertiary/aromatic N) is 3. The van der Waals surface area contributed by atoms with E-state index in [1.807, 2.05) is 78.3 Å². The van der Waals surface area contributed by atoms with Gasteiger partial charge in [0.05, 0.1) is 24.0 Å². The normalized spacial score (nSPS) is 22.3. The molecule has 9 nitrogen and oxygen atoms in total. The van der Waals surface area contributed by atoms with Crippen LogP contribution in [0.5, 0.6) is 0 Å². The number of piperidine rings is 2. The van der Waals surface area contributed by atoms with Crippen molar-refractivity contribution >= 4 is 18.2 Å². The first-order valence-corrected chi connectivity index (χ1v) is 17.0. The van der Waals surface area contributed by atoms with E-state index in [-0.39, 0.29) is 18.0 Å². The van der Waals surface area contributed by atoms with E-state index in [9.17, 15) is 14.0 Å². The lowest BCUT2D eigenvalue weighted by Gasteiger charge is -2.48. The first kappa shape index (κ1) is 40.6. The highest BCUT2D eigenvalue weighted by Gasteiger charge is 2.40. The molecule has 0 aromatic heterocycles. The van der Waals surface area contributed by atoms with Gasteiger partial charge in [-0.25, -0.2) is 9.18 Å². The standard InChI is InChI=1S/C32H49FN6O3.2C2H6/c1-7-10-26(37-30(40)29-35-20-24(21-36-29)13-12-23(3)19-34-15-8-2)27(18-33)38-17-14-25-11-9-16-39(28(25)22-38)31(41)42-32(4,5)6;2*1-2/h7-8,10,12,15,20,25,28-29,35-36H,2,9,11,13-14,16-19,21-22H2,1,3-6H3,(H,37,40);2*1-2H3/b10-7-,23-12-,27-26-,34-15?;;. The third-order valence-corrected chi connectivity index (χ3v) is 7.65. The molecule has 2 saturated heterocycles. The Balaban J connectivity index is 0.00000254. The summed E-state index contributed by atoms with van der Waals surface area (Å²) in [4.78, 5) is 34.3. The Kier molecular flexibility index (Phi) is 18.9. The van der Waals surface area contributed by atoms with Crippen molar-refractivity contribution in [3.63, 3.8) is 0 Å². The predicted molar refractivity (Wildman–Crippen MR) is 189 cm³/mol. The molecule has 3 unspecified atom stereocenters. The van der Waals surface area contributed by atoms with E-state index in [4.69, 9.17) is 4.74 Å². The number of likely N-dealkylation sites (tertiary alicyclic amines) is 2. The maximum Gasteiger partial charge on any atom is 0.410 e. The van der Waals surface area contributed by atoms with Crippen LogP contribution in [0.4, 0.5) is 9.18 Å². The molecule has 0 spiro atoms. The molecule has 0 bridgehead atoms. The zero-order valence-corrected chi connectivity index (χ0v) is 29.9. The quantitative estimate of drug-likeness (QED) is 0.140. The van der Waals surface area contributed by atoms with Gasteiger partial charge in [0.1, 0.15) is 12.3 Å². The number of ether oxygens (including phenoxy) is 1. The molecule has 10 heteroatoms. The minimum absolute atomic E-state index is 0.0665. The minimum Gasteiger partial charge on any atom is -0.444 e. The Morgan fingerprint density at radius 2 is 1.91 bits per heavy atom. The van der Waals surface area contributed by atoms with Crippen LogP contribution in [0.15, 0.2) is 64.6 Å². The SMILES string of the molecule is C=CC=NC/C(C)=C\CC1=CNC(C(=O)NC(/C=C\C)=C(/CF)N2CCC3CCCN(C(=O)OC(C)(C)C)C3C2)NC1.CC.CC. The molecule has 0 radical (unpaired) electrons. The summed E-state index contributed by atoms with van der Waals surface area (Å²) in [5.74, 6) is 0.0519. The summed E-state index contributed by atoms with van der Waals surface area (Å²) in [5.41, 5.74) is 2.53. The second-order valence-corrected chi connectivity index (χ2v) is 12.1. The van der Waals surface area contributed by atoms with Crippen LogP contribution >= 0.6 is 0 Å². The topological polar surface area (TPSA) is 98.3 Å². The van der Waals surface area contributed by atoms with Gasteiger partial charge in [-0.1, -0.05) is 58.1 Å². The fraction of sp³-hybridized carbons (Fsp3) is 0.639. The van der Waals surface area contributed by atoms with E-state index in [2.05, 4.69) is 33.6 Å². The molecule has 46 heavy (non-hydrogen) atoms. The Hall–Kier alpha value is -3.40. The lowest BCUT2D eigenvalue weighted by Crippen LogP contribution is -2.58. The van der Waals surface area contributed by atoms with E-state index in [0.717, 1.165) is 36.8 Å². The Labute approximate surface area is 278 Å². The maximum atomic E-state index is 14.7. The van der Waals surface area contributed by atoms with Gasteiger partial charge in [-0.15, -0.1) is 0 Å². The van der Waals surface area contributed by atoms with E-state index in [1.165, 1.54) is 0 Å². The molecule has 3 aliphatic rings. The van der Waals surface area contributed by atoms with Crippen LogP contribution in [-0.2, 0) is 9.53 Å². The van der Waals surface area contributed by atoms with Gasteiger partial charge >= 0.3 is 6.09 Å². The first-order chi connectivity index (χ1) is 22.1. The Bertz CT molecular complexity index is 1120. The van der Waals surface area contributed by atoms with Crippen molar-refractivity contribution < 1.29 is 18.7 Å². The van der Waals surface area contributed by atoms with Crippen LogP contribution in [-0.4, -0.2) is 85.2 Å². The average Bonchev–Trinajstić information content (AvgIpc) is 3.05. The maximum absolute atomic E-state index is 14.7. The van der Waals surface area contributed by atoms with Crippen LogP contribution in [0.2, 0.25) is 0 Å². The van der Waals surface area contributed by atoms with Gasteiger partial charge in [-0.2, -0.15) is 0 Å². The Morgan fingerprint density at radius 3 is 2.50 bits per heavy atom. The molecule has 0 aromatic rings. The molecule has 260 valence electrons. The number of hydrogen-bond donors (Lipinski definition) is 3. The summed E-state index contributed by atoms with van der Waals surface area (Å²) in [6.45, 7) is 23.3. The molecule has 3 rings (SSSR count). The number of allylic oxidation sites excluding steroid dienone is 5. The summed E-state index contributed by atoms with van der Waals surface area (Å²) in [5, 5.41) is 9.30. The smallest absolute Gasteiger partial charge is 0.410 e. The second kappa shape index (κ2) is 21.4. The molecule has 3 heterocycles. The highest BCUT2D eigenvalue weighted by Crippen LogP contribution is 2.33. The van der Waals surface area contributed by atoms with Crippen molar-refractivity contribution in [2.24, 2.45) is 10.9 Å². The van der Waals surface area contributed by atoms with E-state index < -0.39 is 18.4 Å². The largest absolute Gasteiger partial charge is 0.444 e. The van der Waals surface area contributed by atoms with Crippen LogP contribution < -0.4 is 16.0 Å². The zero-order chi connectivity index (χ0) is 34.7. The van der Waals surface area contributed by atoms with Crippen molar-refractivity contribution in [3.8, 4) is 0 Å². The fourth-order valence-electron chi connectivity index (χ4n) is 5.55. The average molecular weight is 645 g/mol. The van der Waals surface area contributed by atoms with Gasteiger partial charge in [-0.3, -0.25) is 15.1 Å². The van der Waals surface area contributed by atoms with Gasteiger partial charge in [0.25, 0.3) is 5.91 Å². The van der Waals surface area contributed by atoms with Gasteiger partial charge in [0, 0.05) is 32.4 Å². The number of nitrogens with one attached hydrogen (secondary N) is 3. The summed E-state index contributed by atoms with van der Waals surface area (Å²) < 4.78 is 20.4. The molecule has 2 amide bonds. The molecular weight excluding hydrogens is 583 g/mol. The minimum atomic E-state index is -0.734. The molecule has 3 aliphatic heterocycles. The van der Waals surface area contributed by atoms with Gasteiger partial charge in [0.15, 0.2) is 6.17 Å². The number of rotatable bonds is 10. The summed E-state index contributed by atoms with van der Waals surface area (Å²) in [7, 11) is 0. The number of aliphatic imine (C=N–C) groups is 1. The van der Waals surface area contributed by atoms with E-state index >= 15 is 0 Å². The predicted octanol–water partition coefficient (Wildman–Crippen LogP) is 6.63. The monoisotopic (exact) mass is 644 g/mol. The second-order valence-electron chi connectivity index (χ2n) is 12.1. The molecule has 0 aliphatic carbocycles. The molecule has 0 saturated carbocycles. The Morgan fingerprint density at radius 1 is 1.20 bits per heavy atom. The molecule has 3 atom stereocenters. The number of hydrogen-bond acceptors (Lipinski definition) is 7. The van der Waals surface area contributed by atoms with E-state index in [1.54, 1.807) is 24.4 Å². The van der Waals surface area contributed by atoms with Gasteiger partial charge in [0.2, 0.25) is 0 Å². The first-order valence-electron chi connectivity index (χ1n) is 17.0. The third kappa shape index (κ3) is 13.1. The van der Waals surface area contributed by atoms with Crippen molar-refractivity contribution in [2.75, 3.05) is 39.4 Å². The number of fused-ring (bicyclic) bond motifs is 1. The lowest BCUT2D eigenvalue weighted by molar-refractivity contribution is -0.123. The summed E-state index contributed by atoms with van der Waals surface area (Å²) in [6.07, 6.45) is 13.5. The fourth-order valence-corrected chi connectivity index (χ4v) is 5.55. The van der Waals surface area contributed by atoms with Crippen molar-refractivity contribution in [1.82, 2.24) is 25.8 Å². The molecular formula is C36H61FN6O3. The van der Waals surface area contributed by atoms with Crippen LogP contribution in [0.25, 0.3) is 0 Å². The number of carbonyl (C=O) groups excluding carboxylic acids is 2. The molecule has 2 fully saturated rings. The van der Waals surface area contributed by atoms with Gasteiger partial charge in [-0.05, 0) is 84.1 Å². The number of carbonyl (C=O) groups is 2. The van der Waals surface area contributed by atoms with Crippen LogP contribution in [0, 0.1) is 5.92 Å². The van der Waals surface area contributed by atoms with Crippen LogP contribution in [0.3, 0.4) is 0 Å². The number of halogens is 1. The van der Waals surface area contributed by atoms with Crippen molar-refractivity contribution in [3.05, 3.63) is 59.6 Å². The third-order valence-electron chi connectivity index (χ3n) is 7.65. The number of alkyl halides is 1. The van der Waals surface area contributed by atoms with E-state index in [0.29, 0.717) is 50.0 Å². The van der Waals surface area contributed by atoms with Crippen molar-refractivity contribution in [2.45, 2.75) is 106 Å². The highest BCUT2D eigenvalue weighted by atomic mass is 19.1. The van der Waals surface area contributed by atoms with Gasteiger partial charge < -0.3 is 25.2 Å². The molecule has 0 aromatic carbocycles. The summed E-state index contributed by atoms with van der Waals surface area (Å²) in [6, 6.07) is -0.0665. The van der Waals surface area contributed by atoms with Crippen molar-refractivity contribution in [1.29, 1.82) is 0 Å². The molecule has 3 N–H and O–H groups in total. The lowest BCUT2D eigenvalue weighted by atomic mass is 9.83. The zero-order valence-electron chi connectivity index (χ0n) is 29.9. The number of amides is 2. The summed E-state index contributed by atoms with van der Waals surface area (Å²) >= 11 is 0.